The fourth-order valence-electron chi connectivity index (χ4n) is 2.48. The number of hydrogen-bond donors (Lipinski definition) is 3. The first-order valence-corrected chi connectivity index (χ1v) is 7.02. The number of benzene rings is 1. The van der Waals surface area contributed by atoms with Crippen molar-refractivity contribution in [2.24, 2.45) is 0 Å². The average molecular weight is 262 g/mol. The van der Waals surface area contributed by atoms with Gasteiger partial charge in [0.05, 0.1) is 12.6 Å². The molecule has 1 amide bonds. The summed E-state index contributed by atoms with van der Waals surface area (Å²) in [4.78, 5) is 11.8. The fraction of sp³-hybridized carbons (Fsp3) is 0.533. The van der Waals surface area contributed by atoms with Gasteiger partial charge in [-0.3, -0.25) is 4.79 Å². The molecular weight excluding hydrogens is 240 g/mol. The largest absolute Gasteiger partial charge is 0.392 e. The zero-order chi connectivity index (χ0) is 13.5. The second-order valence-corrected chi connectivity index (χ2v) is 5.11. The van der Waals surface area contributed by atoms with E-state index < -0.39 is 0 Å². The number of anilines is 1. The van der Waals surface area contributed by atoms with Crippen molar-refractivity contribution < 1.29 is 9.90 Å². The highest BCUT2D eigenvalue weighted by molar-refractivity contribution is 5.92. The van der Waals surface area contributed by atoms with Crippen molar-refractivity contribution in [1.82, 2.24) is 5.32 Å². The van der Waals surface area contributed by atoms with Crippen molar-refractivity contribution in [2.45, 2.75) is 44.2 Å². The molecule has 2 atom stereocenters. The highest BCUT2D eigenvalue weighted by Crippen LogP contribution is 2.17. The maximum absolute atomic E-state index is 11.8. The van der Waals surface area contributed by atoms with E-state index in [0.29, 0.717) is 0 Å². The van der Waals surface area contributed by atoms with Gasteiger partial charge in [-0.05, 0) is 25.0 Å². The topological polar surface area (TPSA) is 61.4 Å². The molecule has 3 N–H and O–H groups in total. The second-order valence-electron chi connectivity index (χ2n) is 5.11. The highest BCUT2D eigenvalue weighted by Gasteiger charge is 2.21. The summed E-state index contributed by atoms with van der Waals surface area (Å²) in [5.74, 6) is -0.0670. The Hall–Kier alpha value is -1.39. The minimum absolute atomic E-state index is 0.0454. The summed E-state index contributed by atoms with van der Waals surface area (Å²) in [5, 5.41) is 16.0. The van der Waals surface area contributed by atoms with Crippen LogP contribution in [-0.4, -0.2) is 29.7 Å². The van der Waals surface area contributed by atoms with Crippen molar-refractivity contribution >= 4 is 11.6 Å². The number of para-hydroxylation sites is 1. The van der Waals surface area contributed by atoms with Crippen LogP contribution < -0.4 is 10.6 Å². The first-order valence-electron chi connectivity index (χ1n) is 7.02. The van der Waals surface area contributed by atoms with E-state index >= 15 is 0 Å². The molecule has 1 aromatic carbocycles. The molecule has 104 valence electrons. The molecule has 0 bridgehead atoms. The Kier molecular flexibility index (Phi) is 5.36. The normalized spacial score (nSPS) is 23.6. The lowest BCUT2D eigenvalue weighted by Gasteiger charge is -2.21. The predicted molar refractivity (Wildman–Crippen MR) is 76.0 cm³/mol. The Morgan fingerprint density at radius 3 is 2.68 bits per heavy atom. The highest BCUT2D eigenvalue weighted by atomic mass is 16.3. The summed E-state index contributed by atoms with van der Waals surface area (Å²) in [5.41, 5.74) is 0.802. The minimum Gasteiger partial charge on any atom is -0.392 e. The third-order valence-electron chi connectivity index (χ3n) is 3.56. The van der Waals surface area contributed by atoms with E-state index in [-0.39, 0.29) is 24.6 Å². The van der Waals surface area contributed by atoms with E-state index in [1.54, 1.807) is 0 Å². The Bertz CT molecular complexity index is 394. The molecule has 0 aliphatic heterocycles. The van der Waals surface area contributed by atoms with E-state index in [2.05, 4.69) is 10.6 Å². The van der Waals surface area contributed by atoms with Gasteiger partial charge in [0.15, 0.2) is 0 Å². The summed E-state index contributed by atoms with van der Waals surface area (Å²) in [6, 6.07) is 9.45. The first-order chi connectivity index (χ1) is 9.25. The van der Waals surface area contributed by atoms with Gasteiger partial charge in [-0.2, -0.15) is 0 Å². The average Bonchev–Trinajstić information content (AvgIpc) is 2.62. The van der Waals surface area contributed by atoms with Crippen molar-refractivity contribution in [2.75, 3.05) is 11.9 Å². The van der Waals surface area contributed by atoms with Gasteiger partial charge in [0.25, 0.3) is 0 Å². The molecular formula is C15H22N2O2. The molecule has 2 unspecified atom stereocenters. The molecule has 19 heavy (non-hydrogen) atoms. The van der Waals surface area contributed by atoms with Gasteiger partial charge >= 0.3 is 0 Å². The lowest BCUT2D eigenvalue weighted by molar-refractivity contribution is -0.115. The Balaban J connectivity index is 1.76. The van der Waals surface area contributed by atoms with Crippen LogP contribution >= 0.6 is 0 Å². The van der Waals surface area contributed by atoms with Crippen LogP contribution in [0, 0.1) is 0 Å². The molecule has 1 aromatic rings. The lowest BCUT2D eigenvalue weighted by Crippen LogP contribution is -2.42. The predicted octanol–water partition coefficient (Wildman–Crippen LogP) is 1.91. The van der Waals surface area contributed by atoms with Crippen LogP contribution in [0.5, 0.6) is 0 Å². The summed E-state index contributed by atoms with van der Waals surface area (Å²) < 4.78 is 0. The molecule has 0 heterocycles. The SMILES string of the molecule is O=C(CNC1CCCCCC1O)Nc1ccccc1. The number of hydrogen-bond acceptors (Lipinski definition) is 3. The van der Waals surface area contributed by atoms with Crippen molar-refractivity contribution in [3.05, 3.63) is 30.3 Å². The van der Waals surface area contributed by atoms with Crippen LogP contribution in [0.2, 0.25) is 0 Å². The monoisotopic (exact) mass is 262 g/mol. The zero-order valence-electron chi connectivity index (χ0n) is 11.1. The second kappa shape index (κ2) is 7.26. The molecule has 4 heteroatoms. The molecule has 1 fully saturated rings. The zero-order valence-corrected chi connectivity index (χ0v) is 11.1. The molecule has 1 aliphatic rings. The summed E-state index contributed by atoms with van der Waals surface area (Å²) in [6.45, 7) is 0.247. The third-order valence-corrected chi connectivity index (χ3v) is 3.56. The van der Waals surface area contributed by atoms with Crippen LogP contribution in [0.1, 0.15) is 32.1 Å². The number of amides is 1. The van der Waals surface area contributed by atoms with Gasteiger partial charge in [0.2, 0.25) is 5.91 Å². The Morgan fingerprint density at radius 1 is 1.16 bits per heavy atom. The van der Waals surface area contributed by atoms with Crippen LogP contribution in [0.3, 0.4) is 0 Å². The van der Waals surface area contributed by atoms with Gasteiger partial charge in [0.1, 0.15) is 0 Å². The standard InChI is InChI=1S/C15H22N2O2/c18-14-10-6-2-5-9-13(14)16-11-15(19)17-12-7-3-1-4-8-12/h1,3-4,7-8,13-14,16,18H,2,5-6,9-11H2,(H,17,19). The van der Waals surface area contributed by atoms with Gasteiger partial charge < -0.3 is 15.7 Å². The van der Waals surface area contributed by atoms with Crippen molar-refractivity contribution in [3.63, 3.8) is 0 Å². The summed E-state index contributed by atoms with van der Waals surface area (Å²) in [6.07, 6.45) is 4.82. The number of aliphatic hydroxyl groups is 1. The minimum atomic E-state index is -0.327. The Labute approximate surface area is 114 Å². The van der Waals surface area contributed by atoms with Crippen molar-refractivity contribution in [1.29, 1.82) is 0 Å². The maximum atomic E-state index is 11.8. The molecule has 1 aliphatic carbocycles. The number of carbonyl (C=O) groups excluding carboxylic acids is 1. The molecule has 1 saturated carbocycles. The van der Waals surface area contributed by atoms with E-state index in [4.69, 9.17) is 0 Å². The maximum Gasteiger partial charge on any atom is 0.238 e. The number of nitrogens with one attached hydrogen (secondary N) is 2. The van der Waals surface area contributed by atoms with Crippen LogP contribution in [0.25, 0.3) is 0 Å². The number of rotatable bonds is 4. The Morgan fingerprint density at radius 2 is 1.89 bits per heavy atom. The molecule has 0 aromatic heterocycles. The van der Waals surface area contributed by atoms with E-state index in [1.807, 2.05) is 30.3 Å². The summed E-state index contributed by atoms with van der Waals surface area (Å²) in [7, 11) is 0. The molecule has 0 saturated heterocycles. The van der Waals surface area contributed by atoms with E-state index in [9.17, 15) is 9.90 Å². The third kappa shape index (κ3) is 4.65. The van der Waals surface area contributed by atoms with E-state index in [0.717, 1.165) is 31.4 Å². The molecule has 2 rings (SSSR count). The van der Waals surface area contributed by atoms with Gasteiger partial charge in [0, 0.05) is 11.7 Å². The molecule has 0 spiro atoms. The summed E-state index contributed by atoms with van der Waals surface area (Å²) >= 11 is 0. The molecule has 4 nitrogen and oxygen atoms in total. The quantitative estimate of drug-likeness (QED) is 0.726. The van der Waals surface area contributed by atoms with Crippen LogP contribution in [0.4, 0.5) is 5.69 Å². The first kappa shape index (κ1) is 14.0. The van der Waals surface area contributed by atoms with Crippen molar-refractivity contribution in [3.8, 4) is 0 Å². The van der Waals surface area contributed by atoms with Gasteiger partial charge in [-0.15, -0.1) is 0 Å². The molecule has 0 radical (unpaired) electrons. The van der Waals surface area contributed by atoms with Crippen LogP contribution in [-0.2, 0) is 4.79 Å². The fourth-order valence-corrected chi connectivity index (χ4v) is 2.48. The van der Waals surface area contributed by atoms with E-state index in [1.165, 1.54) is 6.42 Å². The van der Waals surface area contributed by atoms with Crippen LogP contribution in [0.15, 0.2) is 30.3 Å². The van der Waals surface area contributed by atoms with Gasteiger partial charge in [-0.25, -0.2) is 0 Å². The number of carbonyl (C=O) groups is 1. The van der Waals surface area contributed by atoms with Gasteiger partial charge in [-0.1, -0.05) is 37.5 Å². The lowest BCUT2D eigenvalue weighted by atomic mass is 10.1. The smallest absolute Gasteiger partial charge is 0.238 e. The number of aliphatic hydroxyl groups excluding tert-OH is 1.